The molecule has 0 atom stereocenters. The van der Waals surface area contributed by atoms with Crippen LogP contribution in [0.2, 0.25) is 0 Å². The second kappa shape index (κ2) is 5.84. The molecule has 98 valence electrons. The molecule has 2 aromatic rings. The highest BCUT2D eigenvalue weighted by Crippen LogP contribution is 2.24. The van der Waals surface area contributed by atoms with E-state index in [0.29, 0.717) is 14.5 Å². The predicted octanol–water partition coefficient (Wildman–Crippen LogP) is 4.48. The van der Waals surface area contributed by atoms with E-state index in [0.717, 1.165) is 0 Å². The van der Waals surface area contributed by atoms with Gasteiger partial charge in [-0.25, -0.2) is 4.39 Å². The Labute approximate surface area is 126 Å². The quantitative estimate of drug-likeness (QED) is 0.788. The first-order valence-electron chi connectivity index (χ1n) is 5.43. The lowest BCUT2D eigenvalue weighted by atomic mass is 10.0. The Morgan fingerprint density at radius 1 is 1.11 bits per heavy atom. The first-order chi connectivity index (χ1) is 8.97. The molecule has 0 saturated carbocycles. The topological polar surface area (TPSA) is 37.3 Å². The second-order valence-electron chi connectivity index (χ2n) is 4.00. The van der Waals surface area contributed by atoms with Crippen LogP contribution in [0.25, 0.3) is 0 Å². The molecule has 2 rings (SSSR count). The fourth-order valence-electron chi connectivity index (χ4n) is 1.67. The zero-order valence-corrected chi connectivity index (χ0v) is 12.8. The Bertz CT molecular complexity index is 641. The van der Waals surface area contributed by atoms with Gasteiger partial charge in [0.1, 0.15) is 11.6 Å². The minimum Gasteiger partial charge on any atom is -0.507 e. The van der Waals surface area contributed by atoms with Gasteiger partial charge in [-0.05, 0) is 35.9 Å². The van der Waals surface area contributed by atoms with Crippen molar-refractivity contribution in [3.8, 4) is 5.75 Å². The summed E-state index contributed by atoms with van der Waals surface area (Å²) in [6, 6.07) is 9.14. The fourth-order valence-corrected chi connectivity index (χ4v) is 2.36. The first-order valence-corrected chi connectivity index (χ1v) is 7.01. The Hall–Kier alpha value is -1.20. The highest BCUT2D eigenvalue weighted by molar-refractivity contribution is 9.10. The van der Waals surface area contributed by atoms with Crippen molar-refractivity contribution in [2.75, 3.05) is 0 Å². The van der Waals surface area contributed by atoms with E-state index in [2.05, 4.69) is 31.9 Å². The van der Waals surface area contributed by atoms with Crippen molar-refractivity contribution in [1.82, 2.24) is 0 Å². The lowest BCUT2D eigenvalue weighted by Gasteiger charge is -2.06. The number of carbonyl (C=O) groups is 1. The number of ketones is 1. The van der Waals surface area contributed by atoms with Gasteiger partial charge in [0.2, 0.25) is 0 Å². The largest absolute Gasteiger partial charge is 0.507 e. The summed E-state index contributed by atoms with van der Waals surface area (Å²) in [5.74, 6) is -0.887. The highest BCUT2D eigenvalue weighted by Gasteiger charge is 2.14. The smallest absolute Gasteiger partial charge is 0.171 e. The summed E-state index contributed by atoms with van der Waals surface area (Å²) in [6.07, 6.45) is -0.0890. The summed E-state index contributed by atoms with van der Waals surface area (Å²) < 4.78 is 14.9. The number of rotatable bonds is 3. The number of aromatic hydroxyl groups is 1. The van der Waals surface area contributed by atoms with Crippen LogP contribution < -0.4 is 0 Å². The summed E-state index contributed by atoms with van der Waals surface area (Å²) >= 11 is 6.35. The monoisotopic (exact) mass is 386 g/mol. The van der Waals surface area contributed by atoms with Gasteiger partial charge in [0.05, 0.1) is 5.56 Å². The number of carbonyl (C=O) groups excluding carboxylic acids is 1. The van der Waals surface area contributed by atoms with Gasteiger partial charge in [0.15, 0.2) is 5.78 Å². The Morgan fingerprint density at radius 3 is 2.37 bits per heavy atom. The third-order valence-electron chi connectivity index (χ3n) is 2.63. The number of halogens is 3. The van der Waals surface area contributed by atoms with Crippen molar-refractivity contribution in [3.63, 3.8) is 0 Å². The lowest BCUT2D eigenvalue weighted by molar-refractivity contribution is 0.0989. The fraction of sp³-hybridized carbons (Fsp3) is 0.0714. The SMILES string of the molecule is O=C(Cc1ccc(Br)cc1F)c1ccc(Br)cc1O. The van der Waals surface area contributed by atoms with Gasteiger partial charge in [-0.15, -0.1) is 0 Å². The van der Waals surface area contributed by atoms with E-state index in [1.54, 1.807) is 18.2 Å². The van der Waals surface area contributed by atoms with E-state index in [9.17, 15) is 14.3 Å². The van der Waals surface area contributed by atoms with E-state index >= 15 is 0 Å². The van der Waals surface area contributed by atoms with Crippen molar-refractivity contribution < 1.29 is 14.3 Å². The number of phenols is 1. The third kappa shape index (κ3) is 3.42. The van der Waals surface area contributed by atoms with Gasteiger partial charge in [-0.2, -0.15) is 0 Å². The summed E-state index contributed by atoms with van der Waals surface area (Å²) in [5, 5.41) is 9.70. The van der Waals surface area contributed by atoms with Crippen LogP contribution >= 0.6 is 31.9 Å². The zero-order chi connectivity index (χ0) is 14.0. The van der Waals surface area contributed by atoms with Crippen molar-refractivity contribution in [3.05, 3.63) is 62.3 Å². The molecule has 0 aliphatic rings. The van der Waals surface area contributed by atoms with Crippen molar-refractivity contribution >= 4 is 37.6 Å². The maximum Gasteiger partial charge on any atom is 0.171 e. The first kappa shape index (κ1) is 14.2. The van der Waals surface area contributed by atoms with Crippen LogP contribution in [0.15, 0.2) is 45.3 Å². The Balaban J connectivity index is 2.25. The minimum atomic E-state index is -0.445. The van der Waals surface area contributed by atoms with Crippen LogP contribution in [0.1, 0.15) is 15.9 Å². The molecule has 0 fully saturated rings. The zero-order valence-electron chi connectivity index (χ0n) is 9.66. The average molecular weight is 388 g/mol. The summed E-state index contributed by atoms with van der Waals surface area (Å²) in [7, 11) is 0. The van der Waals surface area contributed by atoms with Crippen LogP contribution in [0.4, 0.5) is 4.39 Å². The molecule has 0 aromatic heterocycles. The van der Waals surface area contributed by atoms with Gasteiger partial charge < -0.3 is 5.11 Å². The molecule has 0 aliphatic carbocycles. The molecule has 0 unspecified atom stereocenters. The molecule has 0 spiro atoms. The molecule has 1 N–H and O–H groups in total. The van der Waals surface area contributed by atoms with Crippen LogP contribution in [-0.2, 0) is 6.42 Å². The second-order valence-corrected chi connectivity index (χ2v) is 5.83. The minimum absolute atomic E-state index is 0.0890. The molecular weight excluding hydrogens is 379 g/mol. The van der Waals surface area contributed by atoms with Crippen molar-refractivity contribution in [2.24, 2.45) is 0 Å². The maximum atomic E-state index is 13.6. The molecule has 0 saturated heterocycles. The Kier molecular flexibility index (Phi) is 4.37. The molecule has 0 radical (unpaired) electrons. The van der Waals surface area contributed by atoms with Gasteiger partial charge >= 0.3 is 0 Å². The molecule has 19 heavy (non-hydrogen) atoms. The molecular formula is C14H9Br2FO2. The number of hydrogen-bond acceptors (Lipinski definition) is 2. The molecule has 0 amide bonds. The number of hydrogen-bond donors (Lipinski definition) is 1. The van der Waals surface area contributed by atoms with Gasteiger partial charge in [-0.1, -0.05) is 37.9 Å². The molecule has 2 aromatic carbocycles. The van der Waals surface area contributed by atoms with Crippen LogP contribution in [0, 0.1) is 5.82 Å². The number of phenolic OH excluding ortho intramolecular Hbond substituents is 1. The van der Waals surface area contributed by atoms with Crippen LogP contribution in [0.3, 0.4) is 0 Å². The van der Waals surface area contributed by atoms with E-state index < -0.39 is 5.82 Å². The standard InChI is InChI=1S/C14H9Br2FO2/c15-9-2-1-8(12(17)6-9)5-13(18)11-4-3-10(16)7-14(11)19/h1-4,6-7,19H,5H2. The van der Waals surface area contributed by atoms with Crippen LogP contribution in [0.5, 0.6) is 5.75 Å². The molecule has 2 nitrogen and oxygen atoms in total. The maximum absolute atomic E-state index is 13.6. The average Bonchev–Trinajstić information content (AvgIpc) is 2.32. The summed E-state index contributed by atoms with van der Waals surface area (Å²) in [5.41, 5.74) is 0.487. The van der Waals surface area contributed by atoms with Crippen LogP contribution in [-0.4, -0.2) is 10.9 Å². The number of benzene rings is 2. The Morgan fingerprint density at radius 2 is 1.74 bits per heavy atom. The number of Topliss-reactive ketones (excluding diaryl/α,β-unsaturated/α-hetero) is 1. The normalized spacial score (nSPS) is 10.5. The molecule has 0 bridgehead atoms. The van der Waals surface area contributed by atoms with Crippen molar-refractivity contribution in [2.45, 2.75) is 6.42 Å². The van der Waals surface area contributed by atoms with Gasteiger partial charge in [0.25, 0.3) is 0 Å². The lowest BCUT2D eigenvalue weighted by Crippen LogP contribution is -2.05. The van der Waals surface area contributed by atoms with E-state index in [1.165, 1.54) is 18.2 Å². The molecule has 0 aliphatic heterocycles. The summed E-state index contributed by atoms with van der Waals surface area (Å²) in [6.45, 7) is 0. The molecule has 5 heteroatoms. The van der Waals surface area contributed by atoms with Crippen molar-refractivity contribution in [1.29, 1.82) is 0 Å². The summed E-state index contributed by atoms with van der Waals surface area (Å²) in [4.78, 5) is 12.0. The van der Waals surface area contributed by atoms with E-state index in [-0.39, 0.29) is 23.5 Å². The van der Waals surface area contributed by atoms with Gasteiger partial charge in [-0.3, -0.25) is 4.79 Å². The van der Waals surface area contributed by atoms with E-state index in [1.807, 2.05) is 0 Å². The van der Waals surface area contributed by atoms with Gasteiger partial charge in [0, 0.05) is 15.4 Å². The predicted molar refractivity (Wildman–Crippen MR) is 77.9 cm³/mol. The van der Waals surface area contributed by atoms with E-state index in [4.69, 9.17) is 0 Å². The third-order valence-corrected chi connectivity index (χ3v) is 3.61. The molecule has 0 heterocycles. The highest BCUT2D eigenvalue weighted by atomic mass is 79.9.